The topological polar surface area (TPSA) is 41.1 Å². The Labute approximate surface area is 140 Å². The molecule has 0 atom stereocenters. The number of carbonyl (C=O) groups is 1. The molecule has 0 aliphatic heterocycles. The summed E-state index contributed by atoms with van der Waals surface area (Å²) in [5.41, 5.74) is 2.89. The lowest BCUT2D eigenvalue weighted by molar-refractivity contribution is -0.114. The molecule has 0 fully saturated rings. The molecule has 0 spiro atoms. The van der Waals surface area contributed by atoms with Gasteiger partial charge in [-0.1, -0.05) is 18.2 Å². The van der Waals surface area contributed by atoms with E-state index in [1.54, 1.807) is 0 Å². The molecular formula is C15H14BrIN2O. The fraction of sp³-hybridized carbons (Fsp3) is 0.133. The first-order chi connectivity index (χ1) is 9.56. The Bertz CT molecular complexity index is 631. The molecule has 0 aliphatic carbocycles. The van der Waals surface area contributed by atoms with Gasteiger partial charge >= 0.3 is 0 Å². The summed E-state index contributed by atoms with van der Waals surface area (Å²) in [6.45, 7) is 2.25. The second-order valence-corrected chi connectivity index (χ2v) is 6.38. The number of carbonyl (C=O) groups excluding carboxylic acids is 1. The maximum atomic E-state index is 11.9. The van der Waals surface area contributed by atoms with Gasteiger partial charge in [-0.3, -0.25) is 4.79 Å². The van der Waals surface area contributed by atoms with Crippen LogP contribution in [-0.2, 0) is 4.79 Å². The molecule has 0 aromatic heterocycles. The third kappa shape index (κ3) is 4.21. The highest BCUT2D eigenvalue weighted by Gasteiger charge is 2.06. The minimum atomic E-state index is -0.0748. The van der Waals surface area contributed by atoms with Crippen LogP contribution in [0.1, 0.15) is 5.56 Å². The molecule has 0 heterocycles. The van der Waals surface area contributed by atoms with Crippen LogP contribution in [0, 0.1) is 10.5 Å². The number of amides is 1. The Hall–Kier alpha value is -1.08. The predicted octanol–water partition coefficient (Wildman–Crippen LogP) is 4.41. The van der Waals surface area contributed by atoms with Crippen molar-refractivity contribution < 1.29 is 4.79 Å². The van der Waals surface area contributed by atoms with Crippen molar-refractivity contribution >= 4 is 55.8 Å². The van der Waals surface area contributed by atoms with E-state index in [1.807, 2.05) is 49.4 Å². The minimum Gasteiger partial charge on any atom is -0.375 e. The van der Waals surface area contributed by atoms with Crippen molar-refractivity contribution in [3.05, 3.63) is 56.1 Å². The van der Waals surface area contributed by atoms with Crippen molar-refractivity contribution in [3.63, 3.8) is 0 Å². The number of para-hydroxylation sites is 1. The van der Waals surface area contributed by atoms with Crippen molar-refractivity contribution in [2.75, 3.05) is 17.2 Å². The zero-order valence-corrected chi connectivity index (χ0v) is 14.7. The van der Waals surface area contributed by atoms with Gasteiger partial charge in [-0.05, 0) is 75.3 Å². The Balaban J connectivity index is 1.94. The highest BCUT2D eigenvalue weighted by molar-refractivity contribution is 14.1. The number of halogens is 2. The summed E-state index contributed by atoms with van der Waals surface area (Å²) in [6, 6.07) is 13.7. The van der Waals surface area contributed by atoms with E-state index < -0.39 is 0 Å². The van der Waals surface area contributed by atoms with Crippen LogP contribution in [0.2, 0.25) is 0 Å². The summed E-state index contributed by atoms with van der Waals surface area (Å²) in [4.78, 5) is 11.9. The maximum absolute atomic E-state index is 11.9. The molecule has 0 bridgehead atoms. The van der Waals surface area contributed by atoms with Gasteiger partial charge in [0.2, 0.25) is 5.91 Å². The van der Waals surface area contributed by atoms with Crippen LogP contribution in [0.4, 0.5) is 11.4 Å². The first kappa shape index (κ1) is 15.3. The molecule has 2 N–H and O–H groups in total. The molecule has 0 radical (unpaired) electrons. The van der Waals surface area contributed by atoms with Gasteiger partial charge in [0.05, 0.1) is 12.2 Å². The molecule has 0 aliphatic rings. The first-order valence-corrected chi connectivity index (χ1v) is 7.98. The molecule has 0 saturated heterocycles. The summed E-state index contributed by atoms with van der Waals surface area (Å²) in [5, 5.41) is 6.01. The van der Waals surface area contributed by atoms with Crippen LogP contribution in [-0.4, -0.2) is 12.5 Å². The molecule has 104 valence electrons. The maximum Gasteiger partial charge on any atom is 0.243 e. The van der Waals surface area contributed by atoms with Crippen LogP contribution < -0.4 is 10.6 Å². The Morgan fingerprint density at radius 2 is 1.95 bits per heavy atom. The van der Waals surface area contributed by atoms with Crippen molar-refractivity contribution in [1.82, 2.24) is 0 Å². The Morgan fingerprint density at radius 3 is 2.65 bits per heavy atom. The molecule has 0 saturated carbocycles. The Morgan fingerprint density at radius 1 is 1.20 bits per heavy atom. The van der Waals surface area contributed by atoms with E-state index in [0.29, 0.717) is 0 Å². The summed E-state index contributed by atoms with van der Waals surface area (Å²) in [5.74, 6) is -0.0748. The monoisotopic (exact) mass is 444 g/mol. The highest BCUT2D eigenvalue weighted by atomic mass is 127. The Kier molecular flexibility index (Phi) is 5.42. The molecule has 2 aromatic rings. The van der Waals surface area contributed by atoms with Gasteiger partial charge < -0.3 is 10.6 Å². The standard InChI is InChI=1S/C15H14BrIN2O/c1-10-6-7-13(11(16)8-10)19-15(20)9-18-14-5-3-2-4-12(14)17/h2-8,18H,9H2,1H3,(H,19,20). The van der Waals surface area contributed by atoms with E-state index in [1.165, 1.54) is 0 Å². The molecule has 3 nitrogen and oxygen atoms in total. The second-order valence-electron chi connectivity index (χ2n) is 4.36. The largest absolute Gasteiger partial charge is 0.375 e. The number of rotatable bonds is 4. The van der Waals surface area contributed by atoms with Gasteiger partial charge in [0.25, 0.3) is 0 Å². The van der Waals surface area contributed by atoms with E-state index in [2.05, 4.69) is 49.2 Å². The van der Waals surface area contributed by atoms with Crippen LogP contribution in [0.25, 0.3) is 0 Å². The summed E-state index contributed by atoms with van der Waals surface area (Å²) >= 11 is 5.68. The SMILES string of the molecule is Cc1ccc(NC(=O)CNc2ccccc2I)c(Br)c1. The number of nitrogens with one attached hydrogen (secondary N) is 2. The van der Waals surface area contributed by atoms with Crippen molar-refractivity contribution in [3.8, 4) is 0 Å². The van der Waals surface area contributed by atoms with Gasteiger partial charge in [-0.25, -0.2) is 0 Å². The summed E-state index contributed by atoms with van der Waals surface area (Å²) in [7, 11) is 0. The number of aryl methyl sites for hydroxylation is 1. The summed E-state index contributed by atoms with van der Waals surface area (Å²) < 4.78 is 1.98. The fourth-order valence-electron chi connectivity index (χ4n) is 1.70. The second kappa shape index (κ2) is 7.08. The van der Waals surface area contributed by atoms with Crippen LogP contribution >= 0.6 is 38.5 Å². The van der Waals surface area contributed by atoms with Gasteiger partial charge in [-0.15, -0.1) is 0 Å². The smallest absolute Gasteiger partial charge is 0.243 e. The number of anilines is 2. The van der Waals surface area contributed by atoms with E-state index in [4.69, 9.17) is 0 Å². The summed E-state index contributed by atoms with van der Waals surface area (Å²) in [6.07, 6.45) is 0. The fourth-order valence-corrected chi connectivity index (χ4v) is 2.87. The van der Waals surface area contributed by atoms with E-state index in [9.17, 15) is 4.79 Å². The number of hydrogen-bond acceptors (Lipinski definition) is 2. The molecule has 20 heavy (non-hydrogen) atoms. The first-order valence-electron chi connectivity index (χ1n) is 6.10. The van der Waals surface area contributed by atoms with E-state index in [-0.39, 0.29) is 12.5 Å². The molecule has 2 aromatic carbocycles. The van der Waals surface area contributed by atoms with Gasteiger partial charge in [-0.2, -0.15) is 0 Å². The number of hydrogen-bond donors (Lipinski definition) is 2. The lowest BCUT2D eigenvalue weighted by atomic mass is 10.2. The molecule has 1 amide bonds. The normalized spacial score (nSPS) is 10.2. The van der Waals surface area contributed by atoms with Gasteiger partial charge in [0, 0.05) is 13.7 Å². The third-order valence-electron chi connectivity index (χ3n) is 2.71. The molecule has 5 heteroatoms. The van der Waals surface area contributed by atoms with Crippen LogP contribution in [0.5, 0.6) is 0 Å². The average molecular weight is 445 g/mol. The average Bonchev–Trinajstić information content (AvgIpc) is 2.41. The van der Waals surface area contributed by atoms with Crippen LogP contribution in [0.3, 0.4) is 0 Å². The number of benzene rings is 2. The van der Waals surface area contributed by atoms with Crippen molar-refractivity contribution in [2.45, 2.75) is 6.92 Å². The zero-order valence-electron chi connectivity index (χ0n) is 10.9. The molecule has 0 unspecified atom stereocenters. The van der Waals surface area contributed by atoms with Gasteiger partial charge in [0.1, 0.15) is 0 Å². The lowest BCUT2D eigenvalue weighted by Gasteiger charge is -2.10. The molecular weight excluding hydrogens is 431 g/mol. The minimum absolute atomic E-state index is 0.0748. The predicted molar refractivity (Wildman–Crippen MR) is 95.2 cm³/mol. The third-order valence-corrected chi connectivity index (χ3v) is 4.31. The highest BCUT2D eigenvalue weighted by Crippen LogP contribution is 2.23. The lowest BCUT2D eigenvalue weighted by Crippen LogP contribution is -2.22. The van der Waals surface area contributed by atoms with Gasteiger partial charge in [0.15, 0.2) is 0 Å². The zero-order chi connectivity index (χ0) is 14.5. The quantitative estimate of drug-likeness (QED) is 0.685. The van der Waals surface area contributed by atoms with Crippen molar-refractivity contribution in [1.29, 1.82) is 0 Å². The van der Waals surface area contributed by atoms with Crippen molar-refractivity contribution in [2.24, 2.45) is 0 Å². The van der Waals surface area contributed by atoms with Crippen LogP contribution in [0.15, 0.2) is 46.9 Å². The van der Waals surface area contributed by atoms with E-state index >= 15 is 0 Å². The van der Waals surface area contributed by atoms with E-state index in [0.717, 1.165) is 25.0 Å². The molecule has 2 rings (SSSR count).